The largest absolute Gasteiger partial charge is 0.496 e. The third-order valence-electron chi connectivity index (χ3n) is 3.82. The van der Waals surface area contributed by atoms with E-state index in [1.54, 1.807) is 7.11 Å². The molecule has 3 nitrogen and oxygen atoms in total. The molecule has 1 atom stereocenters. The van der Waals surface area contributed by atoms with Crippen LogP contribution in [0.3, 0.4) is 0 Å². The van der Waals surface area contributed by atoms with Gasteiger partial charge in [-0.05, 0) is 49.6 Å². The molecule has 0 aliphatic carbocycles. The van der Waals surface area contributed by atoms with Crippen molar-refractivity contribution < 1.29 is 4.74 Å². The lowest BCUT2D eigenvalue weighted by atomic mass is 9.96. The fourth-order valence-corrected chi connectivity index (χ4v) is 2.15. The number of rotatable bonds is 6. The molecular formula is C16H28N2O. The predicted octanol–water partition coefficient (Wildman–Crippen LogP) is 2.91. The number of ether oxygens (including phenoxy) is 1. The first kappa shape index (κ1) is 16.0. The van der Waals surface area contributed by atoms with Gasteiger partial charge in [0.2, 0.25) is 0 Å². The molecule has 1 aromatic rings. The first-order valence-electron chi connectivity index (χ1n) is 6.98. The van der Waals surface area contributed by atoms with Crippen LogP contribution in [0.15, 0.2) is 12.1 Å². The summed E-state index contributed by atoms with van der Waals surface area (Å²) >= 11 is 0. The van der Waals surface area contributed by atoms with Crippen LogP contribution in [-0.2, 0) is 6.54 Å². The van der Waals surface area contributed by atoms with Crippen LogP contribution in [0.1, 0.15) is 43.4 Å². The van der Waals surface area contributed by atoms with Crippen LogP contribution < -0.4 is 10.5 Å². The van der Waals surface area contributed by atoms with Gasteiger partial charge >= 0.3 is 0 Å². The minimum atomic E-state index is 0.393. The van der Waals surface area contributed by atoms with Crippen LogP contribution in [0.25, 0.3) is 0 Å². The molecule has 108 valence electrons. The Morgan fingerprint density at radius 2 is 1.89 bits per heavy atom. The molecule has 0 aliphatic heterocycles. The van der Waals surface area contributed by atoms with E-state index in [1.165, 1.54) is 16.7 Å². The van der Waals surface area contributed by atoms with E-state index in [2.05, 4.69) is 51.8 Å². The maximum absolute atomic E-state index is 5.73. The average molecular weight is 264 g/mol. The zero-order chi connectivity index (χ0) is 14.6. The van der Waals surface area contributed by atoms with Crippen LogP contribution >= 0.6 is 0 Å². The van der Waals surface area contributed by atoms with E-state index in [4.69, 9.17) is 10.5 Å². The van der Waals surface area contributed by atoms with Gasteiger partial charge in [0.15, 0.2) is 0 Å². The molecule has 0 radical (unpaired) electrons. The molecule has 0 bridgehead atoms. The molecule has 0 fully saturated rings. The summed E-state index contributed by atoms with van der Waals surface area (Å²) < 4.78 is 5.48. The number of likely N-dealkylation sites (N-methyl/N-ethyl adjacent to an activating group) is 1. The Hall–Kier alpha value is -1.06. The Labute approximate surface area is 117 Å². The van der Waals surface area contributed by atoms with Gasteiger partial charge in [-0.15, -0.1) is 0 Å². The topological polar surface area (TPSA) is 38.5 Å². The van der Waals surface area contributed by atoms with Crippen molar-refractivity contribution in [3.8, 4) is 5.75 Å². The van der Waals surface area contributed by atoms with Crippen LogP contribution in [0.4, 0.5) is 0 Å². The van der Waals surface area contributed by atoms with E-state index in [0.29, 0.717) is 18.5 Å². The maximum atomic E-state index is 5.73. The summed E-state index contributed by atoms with van der Waals surface area (Å²) in [5, 5.41) is 0. The number of hydrogen-bond donors (Lipinski definition) is 1. The molecule has 1 unspecified atom stereocenters. The Bertz CT molecular complexity index is 415. The van der Waals surface area contributed by atoms with Gasteiger partial charge in [0.05, 0.1) is 7.11 Å². The summed E-state index contributed by atoms with van der Waals surface area (Å²) in [4.78, 5) is 2.29. The van der Waals surface area contributed by atoms with Gasteiger partial charge < -0.3 is 10.5 Å². The molecule has 1 rings (SSSR count). The first-order valence-corrected chi connectivity index (χ1v) is 6.98. The van der Waals surface area contributed by atoms with E-state index >= 15 is 0 Å². The number of benzene rings is 1. The number of aryl methyl sites for hydroxylation is 1. The van der Waals surface area contributed by atoms with E-state index in [-0.39, 0.29) is 0 Å². The van der Waals surface area contributed by atoms with E-state index < -0.39 is 0 Å². The highest BCUT2D eigenvalue weighted by Gasteiger charge is 2.14. The summed E-state index contributed by atoms with van der Waals surface area (Å²) in [6.45, 7) is 10.3. The average Bonchev–Trinajstić information content (AvgIpc) is 2.38. The molecule has 19 heavy (non-hydrogen) atoms. The minimum Gasteiger partial charge on any atom is -0.496 e. The zero-order valence-electron chi connectivity index (χ0n) is 13.2. The predicted molar refractivity (Wildman–Crippen MR) is 81.8 cm³/mol. The molecule has 2 N–H and O–H groups in total. The van der Waals surface area contributed by atoms with Crippen molar-refractivity contribution >= 4 is 0 Å². The molecule has 3 heteroatoms. The molecule has 0 amide bonds. The number of hydrogen-bond acceptors (Lipinski definition) is 3. The van der Waals surface area contributed by atoms with Gasteiger partial charge in [-0.25, -0.2) is 0 Å². The van der Waals surface area contributed by atoms with Gasteiger partial charge in [-0.2, -0.15) is 0 Å². The van der Waals surface area contributed by atoms with Crippen molar-refractivity contribution in [3.05, 3.63) is 28.8 Å². The van der Waals surface area contributed by atoms with Crippen LogP contribution in [0.5, 0.6) is 5.75 Å². The SMILES string of the molecule is COc1cc(C)c(CN(C)C(C)CN)cc1C(C)C. The molecule has 0 aliphatic rings. The Kier molecular flexibility index (Phi) is 5.83. The first-order chi connectivity index (χ1) is 8.90. The van der Waals surface area contributed by atoms with Crippen molar-refractivity contribution in [2.24, 2.45) is 5.73 Å². The molecule has 0 saturated heterocycles. The third-order valence-corrected chi connectivity index (χ3v) is 3.82. The Balaban J connectivity index is 3.04. The lowest BCUT2D eigenvalue weighted by Crippen LogP contribution is -2.34. The molecule has 1 aromatic carbocycles. The van der Waals surface area contributed by atoms with E-state index in [9.17, 15) is 0 Å². The monoisotopic (exact) mass is 264 g/mol. The minimum absolute atomic E-state index is 0.393. The highest BCUT2D eigenvalue weighted by atomic mass is 16.5. The summed E-state index contributed by atoms with van der Waals surface area (Å²) in [5.74, 6) is 1.46. The molecule has 0 heterocycles. The van der Waals surface area contributed by atoms with E-state index in [1.807, 2.05) is 0 Å². The quantitative estimate of drug-likeness (QED) is 0.858. The van der Waals surface area contributed by atoms with Crippen molar-refractivity contribution in [3.63, 3.8) is 0 Å². The smallest absolute Gasteiger partial charge is 0.122 e. The fraction of sp³-hybridized carbons (Fsp3) is 0.625. The van der Waals surface area contributed by atoms with Gasteiger partial charge in [-0.3, -0.25) is 4.90 Å². The number of nitrogens with zero attached hydrogens (tertiary/aromatic N) is 1. The van der Waals surface area contributed by atoms with Crippen molar-refractivity contribution in [1.82, 2.24) is 4.90 Å². The van der Waals surface area contributed by atoms with Gasteiger partial charge in [0.1, 0.15) is 5.75 Å². The van der Waals surface area contributed by atoms with Crippen molar-refractivity contribution in [2.45, 2.75) is 46.2 Å². The Morgan fingerprint density at radius 1 is 1.26 bits per heavy atom. The molecule has 0 spiro atoms. The normalized spacial score (nSPS) is 13.1. The maximum Gasteiger partial charge on any atom is 0.122 e. The van der Waals surface area contributed by atoms with Crippen LogP contribution in [0, 0.1) is 6.92 Å². The van der Waals surface area contributed by atoms with Crippen molar-refractivity contribution in [2.75, 3.05) is 20.7 Å². The zero-order valence-corrected chi connectivity index (χ0v) is 13.2. The Morgan fingerprint density at radius 3 is 2.37 bits per heavy atom. The highest BCUT2D eigenvalue weighted by molar-refractivity contribution is 5.43. The number of nitrogens with two attached hydrogens (primary N) is 1. The second kappa shape index (κ2) is 6.92. The fourth-order valence-electron chi connectivity index (χ4n) is 2.15. The second-order valence-corrected chi connectivity index (χ2v) is 5.68. The van der Waals surface area contributed by atoms with Crippen molar-refractivity contribution in [1.29, 1.82) is 0 Å². The van der Waals surface area contributed by atoms with Gasteiger partial charge in [0, 0.05) is 19.1 Å². The highest BCUT2D eigenvalue weighted by Crippen LogP contribution is 2.30. The summed E-state index contributed by atoms with van der Waals surface area (Å²) in [5.41, 5.74) is 9.63. The van der Waals surface area contributed by atoms with Crippen LogP contribution in [-0.4, -0.2) is 31.6 Å². The van der Waals surface area contributed by atoms with Crippen LogP contribution in [0.2, 0.25) is 0 Å². The summed E-state index contributed by atoms with van der Waals surface area (Å²) in [6.07, 6.45) is 0. The second-order valence-electron chi connectivity index (χ2n) is 5.68. The summed E-state index contributed by atoms with van der Waals surface area (Å²) in [7, 11) is 3.86. The molecule has 0 aromatic heterocycles. The lowest BCUT2D eigenvalue weighted by molar-refractivity contribution is 0.254. The van der Waals surface area contributed by atoms with Gasteiger partial charge in [-0.1, -0.05) is 19.9 Å². The summed E-state index contributed by atoms with van der Waals surface area (Å²) in [6, 6.07) is 4.81. The van der Waals surface area contributed by atoms with Gasteiger partial charge in [0.25, 0.3) is 0 Å². The standard InChI is InChI=1S/C16H28N2O/c1-11(2)15-8-14(10-18(5)13(4)9-17)12(3)7-16(15)19-6/h7-8,11,13H,9-10,17H2,1-6H3. The molecule has 0 saturated carbocycles. The number of methoxy groups -OCH3 is 1. The molecular weight excluding hydrogens is 236 g/mol. The van der Waals surface area contributed by atoms with E-state index in [0.717, 1.165) is 12.3 Å². The lowest BCUT2D eigenvalue weighted by Gasteiger charge is -2.25. The third kappa shape index (κ3) is 3.95.